The standard InChI is InChI=1S/C15H20N2O4/c1-3-21-15(19)16-9-11-8-14(18)17(10-11)12-4-6-13(20-2)7-5-12/h4-7,11H,3,8-10H2,1-2H3,(H,16,19). The van der Waals surface area contributed by atoms with Crippen LogP contribution in [0.15, 0.2) is 24.3 Å². The summed E-state index contributed by atoms with van der Waals surface area (Å²) in [6.45, 7) is 3.13. The van der Waals surface area contributed by atoms with Crippen molar-refractivity contribution in [2.45, 2.75) is 13.3 Å². The maximum absolute atomic E-state index is 12.1. The van der Waals surface area contributed by atoms with E-state index in [9.17, 15) is 9.59 Å². The third-order valence-corrected chi connectivity index (χ3v) is 3.40. The van der Waals surface area contributed by atoms with Gasteiger partial charge in [0.05, 0.1) is 13.7 Å². The Bertz CT molecular complexity index is 501. The molecule has 0 radical (unpaired) electrons. The molecule has 114 valence electrons. The van der Waals surface area contributed by atoms with Gasteiger partial charge in [0.1, 0.15) is 5.75 Å². The molecule has 1 unspecified atom stereocenters. The molecule has 1 N–H and O–H groups in total. The number of hydrogen-bond donors (Lipinski definition) is 1. The van der Waals surface area contributed by atoms with Gasteiger partial charge in [-0.3, -0.25) is 4.79 Å². The summed E-state index contributed by atoms with van der Waals surface area (Å²) in [5.41, 5.74) is 0.847. The Balaban J connectivity index is 1.91. The zero-order valence-corrected chi connectivity index (χ0v) is 12.3. The van der Waals surface area contributed by atoms with Gasteiger partial charge >= 0.3 is 6.09 Å². The normalized spacial score (nSPS) is 17.7. The minimum atomic E-state index is -0.437. The van der Waals surface area contributed by atoms with Gasteiger partial charge < -0.3 is 19.7 Å². The molecular weight excluding hydrogens is 272 g/mol. The topological polar surface area (TPSA) is 67.9 Å². The van der Waals surface area contributed by atoms with Crippen LogP contribution in [-0.2, 0) is 9.53 Å². The number of benzene rings is 1. The molecule has 1 atom stereocenters. The van der Waals surface area contributed by atoms with Crippen LogP contribution in [-0.4, -0.2) is 38.8 Å². The van der Waals surface area contributed by atoms with Gasteiger partial charge in [-0.15, -0.1) is 0 Å². The highest BCUT2D eigenvalue weighted by atomic mass is 16.5. The molecule has 2 rings (SSSR count). The average Bonchev–Trinajstić information content (AvgIpc) is 2.87. The summed E-state index contributed by atoms with van der Waals surface area (Å²) >= 11 is 0. The van der Waals surface area contributed by atoms with E-state index in [0.29, 0.717) is 26.1 Å². The number of anilines is 1. The molecule has 1 aliphatic rings. The highest BCUT2D eigenvalue weighted by Gasteiger charge is 2.30. The molecule has 6 heteroatoms. The zero-order valence-electron chi connectivity index (χ0n) is 12.3. The summed E-state index contributed by atoms with van der Waals surface area (Å²) in [4.78, 5) is 25.1. The number of alkyl carbamates (subject to hydrolysis) is 1. The number of carbonyl (C=O) groups is 2. The van der Waals surface area contributed by atoms with E-state index in [4.69, 9.17) is 9.47 Å². The molecule has 0 saturated carbocycles. The van der Waals surface area contributed by atoms with Gasteiger partial charge in [-0.2, -0.15) is 0 Å². The molecule has 0 aromatic heterocycles. The molecule has 1 aliphatic heterocycles. The van der Waals surface area contributed by atoms with Crippen molar-refractivity contribution in [3.8, 4) is 5.75 Å². The number of carbonyl (C=O) groups excluding carboxylic acids is 2. The molecule has 1 aromatic carbocycles. The predicted molar refractivity (Wildman–Crippen MR) is 78.5 cm³/mol. The molecule has 2 amide bonds. The van der Waals surface area contributed by atoms with Crippen LogP contribution >= 0.6 is 0 Å². The first kappa shape index (κ1) is 15.2. The van der Waals surface area contributed by atoms with Gasteiger partial charge in [0.15, 0.2) is 0 Å². The Hall–Kier alpha value is -2.24. The Labute approximate surface area is 124 Å². The lowest BCUT2D eigenvalue weighted by Crippen LogP contribution is -2.31. The number of amides is 2. The molecule has 1 heterocycles. The van der Waals surface area contributed by atoms with E-state index < -0.39 is 6.09 Å². The van der Waals surface area contributed by atoms with Crippen molar-refractivity contribution in [3.63, 3.8) is 0 Å². The number of ether oxygens (including phenoxy) is 2. The van der Waals surface area contributed by atoms with Crippen molar-refractivity contribution in [3.05, 3.63) is 24.3 Å². The largest absolute Gasteiger partial charge is 0.497 e. The van der Waals surface area contributed by atoms with Gasteiger partial charge in [0.2, 0.25) is 5.91 Å². The summed E-state index contributed by atoms with van der Waals surface area (Å²) in [6.07, 6.45) is -0.00818. The van der Waals surface area contributed by atoms with E-state index in [-0.39, 0.29) is 11.8 Å². The summed E-state index contributed by atoms with van der Waals surface area (Å²) in [6, 6.07) is 7.37. The van der Waals surface area contributed by atoms with Crippen molar-refractivity contribution >= 4 is 17.7 Å². The van der Waals surface area contributed by atoms with Crippen LogP contribution in [0.25, 0.3) is 0 Å². The highest BCUT2D eigenvalue weighted by Crippen LogP contribution is 2.26. The van der Waals surface area contributed by atoms with E-state index in [2.05, 4.69) is 5.32 Å². The van der Waals surface area contributed by atoms with Gasteiger partial charge in [-0.25, -0.2) is 4.79 Å². The fraction of sp³-hybridized carbons (Fsp3) is 0.467. The van der Waals surface area contributed by atoms with Crippen LogP contribution in [0.1, 0.15) is 13.3 Å². The molecular formula is C15H20N2O4. The number of methoxy groups -OCH3 is 1. The van der Waals surface area contributed by atoms with Crippen molar-refractivity contribution < 1.29 is 19.1 Å². The number of hydrogen-bond acceptors (Lipinski definition) is 4. The predicted octanol–water partition coefficient (Wildman–Crippen LogP) is 1.79. The van der Waals surface area contributed by atoms with Gasteiger partial charge in [0, 0.05) is 31.1 Å². The minimum absolute atomic E-state index is 0.0656. The van der Waals surface area contributed by atoms with Crippen LogP contribution in [0.2, 0.25) is 0 Å². The third-order valence-electron chi connectivity index (χ3n) is 3.40. The first-order chi connectivity index (χ1) is 10.1. The summed E-state index contributed by atoms with van der Waals surface area (Å²) in [5, 5.41) is 2.68. The molecule has 21 heavy (non-hydrogen) atoms. The maximum atomic E-state index is 12.1. The molecule has 1 aromatic rings. The second-order valence-electron chi connectivity index (χ2n) is 4.87. The van der Waals surface area contributed by atoms with Gasteiger partial charge in [-0.1, -0.05) is 0 Å². The molecule has 1 saturated heterocycles. The van der Waals surface area contributed by atoms with Crippen LogP contribution in [0.3, 0.4) is 0 Å². The average molecular weight is 292 g/mol. The molecule has 6 nitrogen and oxygen atoms in total. The van der Waals surface area contributed by atoms with Crippen LogP contribution in [0.4, 0.5) is 10.5 Å². The Morgan fingerprint density at radius 3 is 2.71 bits per heavy atom. The Morgan fingerprint density at radius 1 is 1.38 bits per heavy atom. The maximum Gasteiger partial charge on any atom is 0.407 e. The fourth-order valence-electron chi connectivity index (χ4n) is 2.34. The first-order valence-electron chi connectivity index (χ1n) is 6.99. The second kappa shape index (κ2) is 6.97. The van der Waals surface area contributed by atoms with Crippen LogP contribution in [0, 0.1) is 5.92 Å². The lowest BCUT2D eigenvalue weighted by Gasteiger charge is -2.17. The van der Waals surface area contributed by atoms with Crippen LogP contribution in [0.5, 0.6) is 5.75 Å². The molecule has 0 bridgehead atoms. The van der Waals surface area contributed by atoms with Gasteiger partial charge in [0.25, 0.3) is 0 Å². The lowest BCUT2D eigenvalue weighted by molar-refractivity contribution is -0.117. The second-order valence-corrected chi connectivity index (χ2v) is 4.87. The highest BCUT2D eigenvalue weighted by molar-refractivity contribution is 5.95. The summed E-state index contributed by atoms with van der Waals surface area (Å²) in [7, 11) is 1.60. The van der Waals surface area contributed by atoms with Crippen molar-refractivity contribution in [2.75, 3.05) is 31.7 Å². The zero-order chi connectivity index (χ0) is 15.2. The Kier molecular flexibility index (Phi) is 5.03. The first-order valence-corrected chi connectivity index (χ1v) is 6.99. The van der Waals surface area contributed by atoms with E-state index in [1.807, 2.05) is 24.3 Å². The van der Waals surface area contributed by atoms with E-state index in [0.717, 1.165) is 11.4 Å². The lowest BCUT2D eigenvalue weighted by atomic mass is 10.1. The number of nitrogens with zero attached hydrogens (tertiary/aromatic N) is 1. The minimum Gasteiger partial charge on any atom is -0.497 e. The fourth-order valence-corrected chi connectivity index (χ4v) is 2.34. The molecule has 1 fully saturated rings. The SMILES string of the molecule is CCOC(=O)NCC1CC(=O)N(c2ccc(OC)cc2)C1. The number of rotatable bonds is 5. The molecule has 0 aliphatic carbocycles. The third kappa shape index (κ3) is 3.87. The van der Waals surface area contributed by atoms with Crippen molar-refractivity contribution in [1.82, 2.24) is 5.32 Å². The quantitative estimate of drug-likeness (QED) is 0.898. The van der Waals surface area contributed by atoms with Crippen molar-refractivity contribution in [1.29, 1.82) is 0 Å². The number of nitrogens with one attached hydrogen (secondary N) is 1. The Morgan fingerprint density at radius 2 is 2.10 bits per heavy atom. The summed E-state index contributed by atoms with van der Waals surface area (Å²) in [5.74, 6) is 0.922. The van der Waals surface area contributed by atoms with Gasteiger partial charge in [-0.05, 0) is 31.2 Å². The summed E-state index contributed by atoms with van der Waals surface area (Å²) < 4.78 is 9.91. The molecule has 0 spiro atoms. The van der Waals surface area contributed by atoms with Crippen LogP contribution < -0.4 is 15.0 Å². The van der Waals surface area contributed by atoms with E-state index in [1.165, 1.54) is 0 Å². The monoisotopic (exact) mass is 292 g/mol. The smallest absolute Gasteiger partial charge is 0.407 e. The van der Waals surface area contributed by atoms with Crippen molar-refractivity contribution in [2.24, 2.45) is 5.92 Å². The van der Waals surface area contributed by atoms with E-state index in [1.54, 1.807) is 18.9 Å². The van der Waals surface area contributed by atoms with E-state index >= 15 is 0 Å².